The number of halogens is 7. The third-order valence-corrected chi connectivity index (χ3v) is 3.95. The van der Waals surface area contributed by atoms with Gasteiger partial charge in [0.15, 0.2) is 17.4 Å². The first-order valence-corrected chi connectivity index (χ1v) is 8.05. The van der Waals surface area contributed by atoms with Crippen molar-refractivity contribution < 1.29 is 35.9 Å². The summed E-state index contributed by atoms with van der Waals surface area (Å²) >= 11 is 6.68. The highest BCUT2D eigenvalue weighted by Crippen LogP contribution is 2.33. The lowest BCUT2D eigenvalue weighted by Gasteiger charge is -2.09. The molecule has 0 saturated carbocycles. The summed E-state index contributed by atoms with van der Waals surface area (Å²) in [5.41, 5.74) is -0.981. The summed E-state index contributed by atoms with van der Waals surface area (Å²) in [5, 5.41) is 9.26. The van der Waals surface area contributed by atoms with Crippen molar-refractivity contribution in [1.82, 2.24) is 19.9 Å². The molecular weight excluding hydrogens is 414 g/mol. The lowest BCUT2D eigenvalue weighted by molar-refractivity contribution is -0.160. The molecule has 144 valence electrons. The Morgan fingerprint density at radius 1 is 1.27 bits per heavy atom. The first-order chi connectivity index (χ1) is 12.0. The Balaban J connectivity index is 1.95. The van der Waals surface area contributed by atoms with Crippen molar-refractivity contribution in [2.45, 2.75) is 17.5 Å². The maximum Gasteiger partial charge on any atom is 0.422 e. The highest BCUT2D eigenvalue weighted by molar-refractivity contribution is 7.99. The summed E-state index contributed by atoms with van der Waals surface area (Å²) in [4.78, 5) is 11.0. The van der Waals surface area contributed by atoms with Crippen molar-refractivity contribution in [3.8, 4) is 0 Å². The fourth-order valence-corrected chi connectivity index (χ4v) is 2.69. The first kappa shape index (κ1) is 20.4. The first-order valence-electron chi connectivity index (χ1n) is 6.69. The van der Waals surface area contributed by atoms with E-state index in [9.17, 15) is 31.1 Å². The summed E-state index contributed by atoms with van der Waals surface area (Å²) in [6.45, 7) is -1.83. The van der Waals surface area contributed by atoms with Gasteiger partial charge in [-0.3, -0.25) is 4.40 Å². The highest BCUT2D eigenvalue weighted by Gasteiger charge is 2.32. The number of thioether (sulfide) groups is 1. The number of carbonyl (C=O) groups excluding carboxylic acids is 1. The molecule has 2 heterocycles. The van der Waals surface area contributed by atoms with Gasteiger partial charge in [-0.1, -0.05) is 23.4 Å². The van der Waals surface area contributed by atoms with E-state index >= 15 is 0 Å². The van der Waals surface area contributed by atoms with E-state index in [2.05, 4.69) is 20.3 Å². The van der Waals surface area contributed by atoms with Gasteiger partial charge in [0.2, 0.25) is 0 Å². The second kappa shape index (κ2) is 7.78. The van der Waals surface area contributed by atoms with Crippen molar-refractivity contribution in [2.75, 3.05) is 18.9 Å². The van der Waals surface area contributed by atoms with Crippen LogP contribution in [-0.2, 0) is 10.9 Å². The van der Waals surface area contributed by atoms with Gasteiger partial charge < -0.3 is 10.1 Å². The Morgan fingerprint density at radius 3 is 2.58 bits per heavy atom. The Labute approximate surface area is 150 Å². The molecule has 0 aromatic carbocycles. The molecule has 26 heavy (non-hydrogen) atoms. The number of amides is 1. The molecular formula is C12H9ClF6N4O2S. The summed E-state index contributed by atoms with van der Waals surface area (Å²) in [5.74, 6) is 0.0930. The van der Waals surface area contributed by atoms with E-state index in [4.69, 9.17) is 11.6 Å². The number of aromatic nitrogens is 3. The lowest BCUT2D eigenvalue weighted by atomic mass is 10.3. The smallest absolute Gasteiger partial charge is 0.422 e. The number of alkyl halides is 6. The maximum absolute atomic E-state index is 12.8. The van der Waals surface area contributed by atoms with Gasteiger partial charge >= 0.3 is 18.4 Å². The molecule has 0 spiro atoms. The average Bonchev–Trinajstić information content (AvgIpc) is 2.92. The molecule has 6 nitrogen and oxygen atoms in total. The van der Waals surface area contributed by atoms with Crippen LogP contribution >= 0.6 is 23.4 Å². The second-order valence-electron chi connectivity index (χ2n) is 4.72. The van der Waals surface area contributed by atoms with Crippen LogP contribution in [0.15, 0.2) is 17.4 Å². The standard InChI is InChI=1S/C12H9ClF6N4O2S/c13-7-3-6(12(17,18)19)4-23-8(7)21-22-9(23)26-2-1-20-10(24)25-5-11(14,15)16/h3-4H,1-2,5H2,(H,20,24). The minimum Gasteiger partial charge on any atom is -0.440 e. The number of nitrogens with zero attached hydrogens (tertiary/aromatic N) is 3. The minimum atomic E-state index is -4.64. The van der Waals surface area contributed by atoms with E-state index in [-0.39, 0.29) is 28.1 Å². The molecule has 0 atom stereocenters. The monoisotopic (exact) mass is 422 g/mol. The Bertz CT molecular complexity index is 794. The normalized spacial score (nSPS) is 12.4. The van der Waals surface area contributed by atoms with Crippen LogP contribution in [0.5, 0.6) is 0 Å². The zero-order chi connectivity index (χ0) is 19.5. The van der Waals surface area contributed by atoms with Crippen molar-refractivity contribution in [2.24, 2.45) is 0 Å². The van der Waals surface area contributed by atoms with E-state index in [0.717, 1.165) is 28.4 Å². The van der Waals surface area contributed by atoms with Gasteiger partial charge in [0.05, 0.1) is 10.6 Å². The maximum atomic E-state index is 12.8. The minimum absolute atomic E-state index is 0.0136. The Kier molecular flexibility index (Phi) is 6.11. The van der Waals surface area contributed by atoms with E-state index in [1.807, 2.05) is 0 Å². The zero-order valence-electron chi connectivity index (χ0n) is 12.5. The summed E-state index contributed by atoms with van der Waals surface area (Å²) in [6.07, 6.45) is -9.75. The Morgan fingerprint density at radius 2 is 1.96 bits per heavy atom. The van der Waals surface area contributed by atoms with Gasteiger partial charge in [0.1, 0.15) is 0 Å². The third-order valence-electron chi connectivity index (χ3n) is 2.73. The van der Waals surface area contributed by atoms with Crippen LogP contribution in [0.4, 0.5) is 31.1 Å². The Hall–Kier alpha value is -1.89. The molecule has 14 heteroatoms. The number of alkyl carbamates (subject to hydrolysis) is 1. The zero-order valence-corrected chi connectivity index (χ0v) is 14.1. The molecule has 0 aliphatic carbocycles. The quantitative estimate of drug-likeness (QED) is 0.451. The van der Waals surface area contributed by atoms with Gasteiger partial charge in [-0.15, -0.1) is 10.2 Å². The number of nitrogens with one attached hydrogen (secondary N) is 1. The number of ether oxygens (including phenoxy) is 1. The molecule has 0 saturated heterocycles. The van der Waals surface area contributed by atoms with Gasteiger partial charge in [-0.2, -0.15) is 26.3 Å². The number of hydrogen-bond donors (Lipinski definition) is 1. The number of pyridine rings is 1. The van der Waals surface area contributed by atoms with Gasteiger partial charge in [-0.25, -0.2) is 4.79 Å². The van der Waals surface area contributed by atoms with Crippen molar-refractivity contribution >= 4 is 35.1 Å². The average molecular weight is 423 g/mol. The number of fused-ring (bicyclic) bond motifs is 1. The predicted molar refractivity (Wildman–Crippen MR) is 79.1 cm³/mol. The molecule has 0 bridgehead atoms. The lowest BCUT2D eigenvalue weighted by Crippen LogP contribution is -2.30. The van der Waals surface area contributed by atoms with Crippen LogP contribution in [0.1, 0.15) is 5.56 Å². The van der Waals surface area contributed by atoms with E-state index in [1.54, 1.807) is 0 Å². The topological polar surface area (TPSA) is 68.5 Å². The number of rotatable bonds is 5. The largest absolute Gasteiger partial charge is 0.440 e. The predicted octanol–water partition coefficient (Wildman–Crippen LogP) is 3.78. The van der Waals surface area contributed by atoms with Gasteiger partial charge in [0, 0.05) is 18.5 Å². The summed E-state index contributed by atoms with van der Waals surface area (Å²) in [6, 6.07) is 0.720. The fraction of sp³-hybridized carbons (Fsp3) is 0.417. The van der Waals surface area contributed by atoms with E-state index in [1.165, 1.54) is 0 Å². The van der Waals surface area contributed by atoms with Crippen molar-refractivity contribution in [3.63, 3.8) is 0 Å². The number of carbonyl (C=O) groups is 1. The van der Waals surface area contributed by atoms with Gasteiger partial charge in [0.25, 0.3) is 0 Å². The van der Waals surface area contributed by atoms with Crippen molar-refractivity contribution in [1.29, 1.82) is 0 Å². The highest BCUT2D eigenvalue weighted by atomic mass is 35.5. The third kappa shape index (κ3) is 5.56. The SMILES string of the molecule is O=C(NCCSc1nnc2c(Cl)cc(C(F)(F)F)cn12)OCC(F)(F)F. The molecule has 1 N–H and O–H groups in total. The van der Waals surface area contributed by atoms with Crippen LogP contribution in [0.25, 0.3) is 5.65 Å². The van der Waals surface area contributed by atoms with Crippen LogP contribution in [-0.4, -0.2) is 45.8 Å². The molecule has 2 aromatic rings. The molecule has 0 unspecified atom stereocenters. The molecule has 2 rings (SSSR count). The molecule has 0 aliphatic heterocycles. The van der Waals surface area contributed by atoms with Gasteiger partial charge in [-0.05, 0) is 6.07 Å². The summed E-state index contributed by atoms with van der Waals surface area (Å²) < 4.78 is 79.0. The molecule has 0 radical (unpaired) electrons. The van der Waals surface area contributed by atoms with Crippen LogP contribution in [0.2, 0.25) is 5.02 Å². The van der Waals surface area contributed by atoms with E-state index < -0.39 is 30.6 Å². The fourth-order valence-electron chi connectivity index (χ4n) is 1.68. The summed E-state index contributed by atoms with van der Waals surface area (Å²) in [7, 11) is 0. The second-order valence-corrected chi connectivity index (χ2v) is 6.19. The van der Waals surface area contributed by atoms with Crippen molar-refractivity contribution in [3.05, 3.63) is 22.8 Å². The van der Waals surface area contributed by atoms with Crippen LogP contribution < -0.4 is 5.32 Å². The molecule has 1 amide bonds. The van der Waals surface area contributed by atoms with Crippen LogP contribution in [0, 0.1) is 0 Å². The molecule has 2 aromatic heterocycles. The molecule has 0 fully saturated rings. The molecule has 0 aliphatic rings. The number of hydrogen-bond acceptors (Lipinski definition) is 5. The van der Waals surface area contributed by atoms with E-state index in [0.29, 0.717) is 0 Å². The van der Waals surface area contributed by atoms with Crippen LogP contribution in [0.3, 0.4) is 0 Å².